The maximum atomic E-state index is 12.7. The van der Waals surface area contributed by atoms with Crippen molar-refractivity contribution in [2.24, 2.45) is 0 Å². The summed E-state index contributed by atoms with van der Waals surface area (Å²) in [6.07, 6.45) is 4.02. The van der Waals surface area contributed by atoms with E-state index >= 15 is 0 Å². The van der Waals surface area contributed by atoms with Gasteiger partial charge in [-0.2, -0.15) is 0 Å². The first-order chi connectivity index (χ1) is 4.75. The van der Waals surface area contributed by atoms with Crippen molar-refractivity contribution in [1.82, 2.24) is 0 Å². The minimum Gasteiger partial charge on any atom is -0.377 e. The summed E-state index contributed by atoms with van der Waals surface area (Å²) in [6, 6.07) is 0. The van der Waals surface area contributed by atoms with Gasteiger partial charge in [0.2, 0.25) is 0 Å². The molecule has 0 saturated carbocycles. The number of rotatable bonds is 1. The van der Waals surface area contributed by atoms with Gasteiger partial charge in [-0.3, -0.25) is 0 Å². The average molecular weight is 142 g/mol. The molecule has 0 bridgehead atoms. The molecule has 1 aliphatic carbocycles. The molecule has 0 amide bonds. The number of halogens is 1. The van der Waals surface area contributed by atoms with E-state index in [1.54, 1.807) is 20.1 Å². The Balaban J connectivity index is 2.77. The molecule has 1 unspecified atom stereocenters. The van der Waals surface area contributed by atoms with E-state index in [4.69, 9.17) is 4.74 Å². The quantitative estimate of drug-likeness (QED) is 0.545. The Bertz CT molecular complexity index is 182. The summed E-state index contributed by atoms with van der Waals surface area (Å²) in [6.45, 7) is 1.76. The fourth-order valence-electron chi connectivity index (χ4n) is 1.03. The van der Waals surface area contributed by atoms with Crippen LogP contribution in [0.25, 0.3) is 0 Å². The Morgan fingerprint density at radius 2 is 2.40 bits per heavy atom. The lowest BCUT2D eigenvalue weighted by atomic mass is 10.0. The van der Waals surface area contributed by atoms with E-state index in [9.17, 15) is 4.39 Å². The lowest BCUT2D eigenvalue weighted by Crippen LogP contribution is -2.13. The van der Waals surface area contributed by atoms with Gasteiger partial charge in [0.1, 0.15) is 5.83 Å². The number of hydrogen-bond acceptors (Lipinski definition) is 1. The zero-order valence-electron chi connectivity index (χ0n) is 6.23. The fraction of sp³-hybridized carbons (Fsp3) is 0.500. The maximum Gasteiger partial charge on any atom is 0.124 e. The van der Waals surface area contributed by atoms with Crippen LogP contribution in [0.1, 0.15) is 13.3 Å². The molecule has 1 rings (SSSR count). The van der Waals surface area contributed by atoms with Gasteiger partial charge in [-0.25, -0.2) is 4.39 Å². The summed E-state index contributed by atoms with van der Waals surface area (Å²) in [4.78, 5) is 0. The van der Waals surface area contributed by atoms with Crippen molar-refractivity contribution >= 4 is 0 Å². The van der Waals surface area contributed by atoms with E-state index in [-0.39, 0.29) is 11.9 Å². The molecule has 10 heavy (non-hydrogen) atoms. The molecule has 0 heterocycles. The molecule has 0 aliphatic heterocycles. The van der Waals surface area contributed by atoms with Crippen LogP contribution in [-0.2, 0) is 4.74 Å². The van der Waals surface area contributed by atoms with E-state index in [1.807, 2.05) is 0 Å². The van der Waals surface area contributed by atoms with Crippen LogP contribution in [0.4, 0.5) is 4.39 Å². The monoisotopic (exact) mass is 142 g/mol. The minimum absolute atomic E-state index is 0.0509. The second-order valence-electron chi connectivity index (χ2n) is 2.39. The predicted molar refractivity (Wildman–Crippen MR) is 38.4 cm³/mol. The Morgan fingerprint density at radius 1 is 1.70 bits per heavy atom. The third-order valence-electron chi connectivity index (χ3n) is 1.76. The molecular weight excluding hydrogens is 131 g/mol. The standard InChI is InChI=1S/C8H11FO/c1-6-7(9)4-3-5-8(6)10-2/h3-4,8H,5H2,1-2H3. The van der Waals surface area contributed by atoms with Crippen LogP contribution in [0.2, 0.25) is 0 Å². The summed E-state index contributed by atoms with van der Waals surface area (Å²) >= 11 is 0. The highest BCUT2D eigenvalue weighted by Gasteiger charge is 2.14. The van der Waals surface area contributed by atoms with Crippen LogP contribution < -0.4 is 0 Å². The number of ether oxygens (including phenoxy) is 1. The largest absolute Gasteiger partial charge is 0.377 e. The number of allylic oxidation sites excluding steroid dienone is 2. The second kappa shape index (κ2) is 2.97. The highest BCUT2D eigenvalue weighted by Crippen LogP contribution is 2.21. The Kier molecular flexibility index (Phi) is 2.22. The summed E-state index contributed by atoms with van der Waals surface area (Å²) < 4.78 is 17.8. The van der Waals surface area contributed by atoms with E-state index in [1.165, 1.54) is 6.08 Å². The first kappa shape index (κ1) is 7.48. The van der Waals surface area contributed by atoms with Gasteiger partial charge in [0.15, 0.2) is 0 Å². The summed E-state index contributed by atoms with van der Waals surface area (Å²) in [5.41, 5.74) is 0.699. The molecule has 0 N–H and O–H groups in total. The van der Waals surface area contributed by atoms with Gasteiger partial charge < -0.3 is 4.74 Å². The Hall–Kier alpha value is -0.630. The van der Waals surface area contributed by atoms with Gasteiger partial charge in [0.05, 0.1) is 6.10 Å². The number of methoxy groups -OCH3 is 1. The molecule has 1 aliphatic rings. The van der Waals surface area contributed by atoms with E-state index < -0.39 is 0 Å². The Labute approximate surface area is 60.2 Å². The predicted octanol–water partition coefficient (Wildman–Crippen LogP) is 2.20. The molecule has 0 aromatic heterocycles. The molecule has 2 heteroatoms. The van der Waals surface area contributed by atoms with Gasteiger partial charge >= 0.3 is 0 Å². The maximum absolute atomic E-state index is 12.7. The fourth-order valence-corrected chi connectivity index (χ4v) is 1.03. The van der Waals surface area contributed by atoms with Crippen molar-refractivity contribution in [3.63, 3.8) is 0 Å². The van der Waals surface area contributed by atoms with Crippen LogP contribution in [-0.4, -0.2) is 13.2 Å². The molecule has 0 aromatic carbocycles. The van der Waals surface area contributed by atoms with Crippen molar-refractivity contribution in [1.29, 1.82) is 0 Å². The van der Waals surface area contributed by atoms with Crippen molar-refractivity contribution < 1.29 is 9.13 Å². The van der Waals surface area contributed by atoms with Crippen LogP contribution in [0.3, 0.4) is 0 Å². The van der Waals surface area contributed by atoms with E-state index in [0.29, 0.717) is 5.57 Å². The summed E-state index contributed by atoms with van der Waals surface area (Å²) in [7, 11) is 1.60. The zero-order chi connectivity index (χ0) is 7.56. The molecule has 0 aromatic rings. The molecule has 0 radical (unpaired) electrons. The highest BCUT2D eigenvalue weighted by atomic mass is 19.1. The first-order valence-electron chi connectivity index (χ1n) is 3.31. The summed E-state index contributed by atoms with van der Waals surface area (Å²) in [5.74, 6) is -0.155. The van der Waals surface area contributed by atoms with Crippen molar-refractivity contribution in [3.05, 3.63) is 23.6 Å². The van der Waals surface area contributed by atoms with Crippen LogP contribution in [0.5, 0.6) is 0 Å². The van der Waals surface area contributed by atoms with Gasteiger partial charge in [-0.1, -0.05) is 6.08 Å². The van der Waals surface area contributed by atoms with Crippen LogP contribution >= 0.6 is 0 Å². The first-order valence-corrected chi connectivity index (χ1v) is 3.31. The minimum atomic E-state index is -0.155. The highest BCUT2D eigenvalue weighted by molar-refractivity contribution is 5.26. The van der Waals surface area contributed by atoms with Crippen molar-refractivity contribution in [3.8, 4) is 0 Å². The molecule has 0 fully saturated rings. The van der Waals surface area contributed by atoms with Crippen LogP contribution in [0, 0.1) is 0 Å². The van der Waals surface area contributed by atoms with Gasteiger partial charge in [0, 0.05) is 7.11 Å². The average Bonchev–Trinajstić information content (AvgIpc) is 1.95. The molecule has 1 nitrogen and oxygen atoms in total. The van der Waals surface area contributed by atoms with Crippen molar-refractivity contribution in [2.45, 2.75) is 19.4 Å². The lowest BCUT2D eigenvalue weighted by molar-refractivity contribution is 0.130. The lowest BCUT2D eigenvalue weighted by Gasteiger charge is -2.17. The molecular formula is C8H11FO. The second-order valence-corrected chi connectivity index (χ2v) is 2.39. The van der Waals surface area contributed by atoms with Crippen LogP contribution in [0.15, 0.2) is 23.6 Å². The number of hydrogen-bond donors (Lipinski definition) is 0. The SMILES string of the molecule is COC1CC=CC(F)=C1C. The third-order valence-corrected chi connectivity index (χ3v) is 1.76. The van der Waals surface area contributed by atoms with Gasteiger partial charge in [-0.15, -0.1) is 0 Å². The molecule has 0 saturated heterocycles. The Morgan fingerprint density at radius 3 is 2.90 bits per heavy atom. The van der Waals surface area contributed by atoms with E-state index in [0.717, 1.165) is 6.42 Å². The van der Waals surface area contributed by atoms with Gasteiger partial charge in [-0.05, 0) is 25.0 Å². The topological polar surface area (TPSA) is 9.23 Å². The van der Waals surface area contributed by atoms with Gasteiger partial charge in [0.25, 0.3) is 0 Å². The zero-order valence-corrected chi connectivity index (χ0v) is 6.23. The smallest absolute Gasteiger partial charge is 0.124 e. The molecule has 56 valence electrons. The van der Waals surface area contributed by atoms with E-state index in [2.05, 4.69) is 0 Å². The van der Waals surface area contributed by atoms with Crippen molar-refractivity contribution in [2.75, 3.05) is 7.11 Å². The molecule has 0 spiro atoms. The third kappa shape index (κ3) is 1.27. The normalized spacial score (nSPS) is 25.7. The summed E-state index contributed by atoms with van der Waals surface area (Å²) in [5, 5.41) is 0. The molecule has 1 atom stereocenters.